The molecule has 0 bridgehead atoms. The second-order valence-corrected chi connectivity index (χ2v) is 3.55. The fraction of sp³-hybridized carbons (Fsp3) is 0.417. The Labute approximate surface area is 95.7 Å². The van der Waals surface area contributed by atoms with Gasteiger partial charge in [-0.1, -0.05) is 18.2 Å². The van der Waals surface area contributed by atoms with Crippen LogP contribution in [0, 0.1) is 0 Å². The van der Waals surface area contributed by atoms with Gasteiger partial charge >= 0.3 is 5.97 Å². The van der Waals surface area contributed by atoms with E-state index in [1.807, 2.05) is 42.2 Å². The van der Waals surface area contributed by atoms with Crippen LogP contribution in [0.15, 0.2) is 30.3 Å². The van der Waals surface area contributed by atoms with Crippen molar-refractivity contribution in [2.75, 3.05) is 18.0 Å². The van der Waals surface area contributed by atoms with Gasteiger partial charge < -0.3 is 15.7 Å². The fourth-order valence-electron chi connectivity index (χ4n) is 1.77. The van der Waals surface area contributed by atoms with Gasteiger partial charge in [0.15, 0.2) is 0 Å². The van der Waals surface area contributed by atoms with Gasteiger partial charge in [-0.05, 0) is 32.0 Å². The van der Waals surface area contributed by atoms with Crippen LogP contribution in [0.3, 0.4) is 0 Å². The zero-order valence-electron chi connectivity index (χ0n) is 9.47. The summed E-state index contributed by atoms with van der Waals surface area (Å²) in [5, 5.41) is 9.17. The molecule has 88 valence electrons. The predicted octanol–water partition coefficient (Wildman–Crippen LogP) is 1.31. The lowest BCUT2D eigenvalue weighted by Gasteiger charge is -2.29. The lowest BCUT2D eigenvalue weighted by molar-refractivity contribution is -0.138. The molecule has 4 nitrogen and oxygen atoms in total. The molecule has 0 aliphatic carbocycles. The number of carboxylic acids is 1. The van der Waals surface area contributed by atoms with Crippen LogP contribution in [-0.2, 0) is 4.79 Å². The first kappa shape index (κ1) is 12.5. The number of benzene rings is 1. The van der Waals surface area contributed by atoms with Crippen molar-refractivity contribution >= 4 is 11.7 Å². The van der Waals surface area contributed by atoms with Crippen LogP contribution in [-0.4, -0.2) is 30.2 Å². The number of hydrogen-bond acceptors (Lipinski definition) is 3. The molecule has 0 amide bonds. The standard InChI is InChI=1S/C12H18N2O2/c1-2-14(10-6-4-3-5-7-10)11(8-9-13)12(15)16/h3-7,11H,2,8-9,13H2,1H3,(H,15,16). The number of aliphatic carboxylic acids is 1. The number of nitrogens with zero attached hydrogens (tertiary/aromatic N) is 1. The first-order valence-corrected chi connectivity index (χ1v) is 5.45. The Hall–Kier alpha value is -1.55. The van der Waals surface area contributed by atoms with E-state index in [1.165, 1.54) is 0 Å². The highest BCUT2D eigenvalue weighted by Gasteiger charge is 2.23. The number of carbonyl (C=O) groups is 1. The van der Waals surface area contributed by atoms with Crippen molar-refractivity contribution in [3.63, 3.8) is 0 Å². The molecule has 0 spiro atoms. The predicted molar refractivity (Wildman–Crippen MR) is 64.6 cm³/mol. The van der Waals surface area contributed by atoms with Crippen molar-refractivity contribution in [1.82, 2.24) is 0 Å². The largest absolute Gasteiger partial charge is 0.480 e. The average Bonchev–Trinajstić information content (AvgIpc) is 2.30. The first-order valence-electron chi connectivity index (χ1n) is 5.45. The lowest BCUT2D eigenvalue weighted by Crippen LogP contribution is -2.42. The summed E-state index contributed by atoms with van der Waals surface area (Å²) in [5.41, 5.74) is 6.37. The third kappa shape index (κ3) is 2.97. The summed E-state index contributed by atoms with van der Waals surface area (Å²) in [6.07, 6.45) is 0.456. The van der Waals surface area contributed by atoms with E-state index < -0.39 is 12.0 Å². The van der Waals surface area contributed by atoms with Crippen LogP contribution in [0.1, 0.15) is 13.3 Å². The van der Waals surface area contributed by atoms with Crippen molar-refractivity contribution < 1.29 is 9.90 Å². The van der Waals surface area contributed by atoms with Gasteiger partial charge in [0.25, 0.3) is 0 Å². The topological polar surface area (TPSA) is 66.6 Å². The Balaban J connectivity index is 2.91. The quantitative estimate of drug-likeness (QED) is 0.761. The maximum Gasteiger partial charge on any atom is 0.326 e. The second-order valence-electron chi connectivity index (χ2n) is 3.55. The zero-order chi connectivity index (χ0) is 12.0. The van der Waals surface area contributed by atoms with Crippen LogP contribution in [0.4, 0.5) is 5.69 Å². The Bertz CT molecular complexity index is 327. The van der Waals surface area contributed by atoms with Crippen molar-refractivity contribution in [2.45, 2.75) is 19.4 Å². The molecule has 0 fully saturated rings. The van der Waals surface area contributed by atoms with E-state index in [4.69, 9.17) is 10.8 Å². The lowest BCUT2D eigenvalue weighted by atomic mass is 10.1. The van der Waals surface area contributed by atoms with Crippen molar-refractivity contribution in [1.29, 1.82) is 0 Å². The van der Waals surface area contributed by atoms with E-state index in [0.29, 0.717) is 19.5 Å². The van der Waals surface area contributed by atoms with E-state index in [1.54, 1.807) is 0 Å². The average molecular weight is 222 g/mol. The normalized spacial score (nSPS) is 12.1. The molecular formula is C12H18N2O2. The minimum absolute atomic E-state index is 0.375. The zero-order valence-corrected chi connectivity index (χ0v) is 9.47. The SMILES string of the molecule is CCN(c1ccccc1)C(CCN)C(=O)O. The van der Waals surface area contributed by atoms with Crippen LogP contribution in [0.2, 0.25) is 0 Å². The van der Waals surface area contributed by atoms with Gasteiger partial charge in [-0.15, -0.1) is 0 Å². The summed E-state index contributed by atoms with van der Waals surface area (Å²) >= 11 is 0. The molecule has 1 aromatic carbocycles. The number of hydrogen-bond donors (Lipinski definition) is 2. The van der Waals surface area contributed by atoms with Gasteiger partial charge in [-0.3, -0.25) is 0 Å². The number of rotatable bonds is 6. The third-order valence-electron chi connectivity index (χ3n) is 2.53. The van der Waals surface area contributed by atoms with Gasteiger partial charge in [0, 0.05) is 12.2 Å². The summed E-state index contributed by atoms with van der Waals surface area (Å²) in [6.45, 7) is 2.97. The molecule has 4 heteroatoms. The summed E-state index contributed by atoms with van der Waals surface area (Å²) in [7, 11) is 0. The van der Waals surface area contributed by atoms with Gasteiger partial charge in [-0.25, -0.2) is 4.79 Å². The Kier molecular flexibility index (Phi) is 4.79. The number of nitrogens with two attached hydrogens (primary N) is 1. The summed E-state index contributed by atoms with van der Waals surface area (Å²) in [4.78, 5) is 13.0. The Morgan fingerprint density at radius 3 is 2.50 bits per heavy atom. The van der Waals surface area contributed by atoms with Crippen LogP contribution in [0.5, 0.6) is 0 Å². The molecule has 0 aromatic heterocycles. The van der Waals surface area contributed by atoms with E-state index >= 15 is 0 Å². The Morgan fingerprint density at radius 2 is 2.06 bits per heavy atom. The molecule has 0 saturated carbocycles. The highest BCUT2D eigenvalue weighted by Crippen LogP contribution is 2.17. The van der Waals surface area contributed by atoms with E-state index in [-0.39, 0.29) is 0 Å². The van der Waals surface area contributed by atoms with Crippen LogP contribution < -0.4 is 10.6 Å². The highest BCUT2D eigenvalue weighted by atomic mass is 16.4. The van der Waals surface area contributed by atoms with Gasteiger partial charge in [0.2, 0.25) is 0 Å². The molecule has 0 aliphatic heterocycles. The molecule has 1 unspecified atom stereocenters. The summed E-state index contributed by atoms with van der Waals surface area (Å²) < 4.78 is 0. The van der Waals surface area contributed by atoms with E-state index in [2.05, 4.69) is 0 Å². The Morgan fingerprint density at radius 1 is 1.44 bits per heavy atom. The van der Waals surface area contributed by atoms with Crippen molar-refractivity contribution in [2.24, 2.45) is 5.73 Å². The number of likely N-dealkylation sites (N-methyl/N-ethyl adjacent to an activating group) is 1. The molecule has 16 heavy (non-hydrogen) atoms. The molecule has 1 rings (SSSR count). The maximum absolute atomic E-state index is 11.2. The molecule has 0 heterocycles. The first-order chi connectivity index (χ1) is 7.70. The van der Waals surface area contributed by atoms with Crippen molar-refractivity contribution in [3.05, 3.63) is 30.3 Å². The van der Waals surface area contributed by atoms with E-state index in [0.717, 1.165) is 5.69 Å². The van der Waals surface area contributed by atoms with Crippen LogP contribution in [0.25, 0.3) is 0 Å². The number of para-hydroxylation sites is 1. The summed E-state index contributed by atoms with van der Waals surface area (Å²) in [6, 6.07) is 9.00. The minimum Gasteiger partial charge on any atom is -0.480 e. The van der Waals surface area contributed by atoms with Gasteiger partial charge in [0.1, 0.15) is 6.04 Å². The molecule has 0 aliphatic rings. The minimum atomic E-state index is -0.823. The van der Waals surface area contributed by atoms with Crippen LogP contribution >= 0.6 is 0 Å². The third-order valence-corrected chi connectivity index (χ3v) is 2.53. The van der Waals surface area contributed by atoms with E-state index in [9.17, 15) is 4.79 Å². The second kappa shape index (κ2) is 6.12. The molecule has 1 aromatic rings. The fourth-order valence-corrected chi connectivity index (χ4v) is 1.77. The monoisotopic (exact) mass is 222 g/mol. The smallest absolute Gasteiger partial charge is 0.326 e. The maximum atomic E-state index is 11.2. The highest BCUT2D eigenvalue weighted by molar-refractivity contribution is 5.78. The molecule has 3 N–H and O–H groups in total. The molecule has 0 saturated heterocycles. The molecule has 0 radical (unpaired) electrons. The molecular weight excluding hydrogens is 204 g/mol. The number of carboxylic acid groups (broad SMARTS) is 1. The van der Waals surface area contributed by atoms with Crippen molar-refractivity contribution in [3.8, 4) is 0 Å². The van der Waals surface area contributed by atoms with Gasteiger partial charge in [-0.2, -0.15) is 0 Å². The molecule has 1 atom stereocenters. The number of anilines is 1. The van der Waals surface area contributed by atoms with Gasteiger partial charge in [0.05, 0.1) is 0 Å². The summed E-state index contributed by atoms with van der Waals surface area (Å²) in [5.74, 6) is -0.823.